The van der Waals surface area contributed by atoms with Gasteiger partial charge >= 0.3 is 0 Å². The van der Waals surface area contributed by atoms with Gasteiger partial charge in [-0.3, -0.25) is 25.2 Å². The molecule has 2 N–H and O–H groups in total. The molecule has 27 heavy (non-hydrogen) atoms. The lowest BCUT2D eigenvalue weighted by atomic mass is 10.1. The molecule has 1 aliphatic heterocycles. The Morgan fingerprint density at radius 3 is 2.48 bits per heavy atom. The van der Waals surface area contributed by atoms with Crippen molar-refractivity contribution in [2.24, 2.45) is 5.92 Å². The highest BCUT2D eigenvalue weighted by atomic mass is 16.2. The van der Waals surface area contributed by atoms with Gasteiger partial charge in [0.1, 0.15) is 0 Å². The van der Waals surface area contributed by atoms with E-state index in [4.69, 9.17) is 0 Å². The van der Waals surface area contributed by atoms with Crippen LogP contribution in [0.1, 0.15) is 33.5 Å². The summed E-state index contributed by atoms with van der Waals surface area (Å²) in [6.07, 6.45) is 0.124. The molecule has 0 aromatic heterocycles. The van der Waals surface area contributed by atoms with Gasteiger partial charge in [0, 0.05) is 24.2 Å². The van der Waals surface area contributed by atoms with E-state index in [1.54, 1.807) is 23.1 Å². The van der Waals surface area contributed by atoms with Crippen LogP contribution in [0.15, 0.2) is 42.5 Å². The van der Waals surface area contributed by atoms with Crippen molar-refractivity contribution in [3.8, 4) is 0 Å². The maximum Gasteiger partial charge on any atom is 0.269 e. The van der Waals surface area contributed by atoms with Crippen molar-refractivity contribution in [2.45, 2.75) is 27.2 Å². The third-order valence-electron chi connectivity index (χ3n) is 4.88. The van der Waals surface area contributed by atoms with E-state index in [0.717, 1.165) is 22.4 Å². The fraction of sp³-hybridized carbons (Fsp3) is 0.286. The molecule has 3 rings (SSSR count). The van der Waals surface area contributed by atoms with Crippen molar-refractivity contribution < 1.29 is 14.4 Å². The molecule has 3 amide bonds. The van der Waals surface area contributed by atoms with E-state index in [0.29, 0.717) is 12.1 Å². The molecule has 1 fully saturated rings. The second-order valence-electron chi connectivity index (χ2n) is 6.99. The predicted octanol–water partition coefficient (Wildman–Crippen LogP) is 2.43. The Bertz CT molecular complexity index is 907. The molecular formula is C21H23N3O3. The summed E-state index contributed by atoms with van der Waals surface area (Å²) >= 11 is 0. The number of carbonyl (C=O) groups is 3. The molecule has 0 spiro atoms. The van der Waals surface area contributed by atoms with E-state index in [1.807, 2.05) is 45.0 Å². The van der Waals surface area contributed by atoms with Gasteiger partial charge in [-0.2, -0.15) is 0 Å². The Balaban J connectivity index is 1.60. The van der Waals surface area contributed by atoms with Gasteiger partial charge in [-0.05, 0) is 56.2 Å². The number of hydrazine groups is 1. The largest absolute Gasteiger partial charge is 0.312 e. The molecule has 2 aromatic carbocycles. The van der Waals surface area contributed by atoms with Gasteiger partial charge < -0.3 is 4.90 Å². The first-order chi connectivity index (χ1) is 12.8. The van der Waals surface area contributed by atoms with Crippen molar-refractivity contribution >= 4 is 23.4 Å². The zero-order chi connectivity index (χ0) is 19.6. The molecule has 1 atom stereocenters. The number of carbonyl (C=O) groups excluding carboxylic acids is 3. The predicted molar refractivity (Wildman–Crippen MR) is 103 cm³/mol. The zero-order valence-electron chi connectivity index (χ0n) is 15.7. The molecule has 0 radical (unpaired) electrons. The smallest absolute Gasteiger partial charge is 0.269 e. The van der Waals surface area contributed by atoms with Gasteiger partial charge in [-0.25, -0.2) is 0 Å². The number of anilines is 1. The van der Waals surface area contributed by atoms with Crippen LogP contribution in [-0.4, -0.2) is 24.3 Å². The first-order valence-electron chi connectivity index (χ1n) is 8.89. The number of amides is 3. The van der Waals surface area contributed by atoms with Gasteiger partial charge in [0.15, 0.2) is 0 Å². The van der Waals surface area contributed by atoms with Gasteiger partial charge in [-0.1, -0.05) is 23.8 Å². The van der Waals surface area contributed by atoms with Gasteiger partial charge in [-0.15, -0.1) is 0 Å². The number of benzene rings is 2. The minimum Gasteiger partial charge on any atom is -0.312 e. The minimum atomic E-state index is -0.503. The molecule has 2 aromatic rings. The molecule has 1 saturated heterocycles. The summed E-state index contributed by atoms with van der Waals surface area (Å²) in [5.41, 5.74) is 9.32. The number of hydrogen-bond acceptors (Lipinski definition) is 3. The second-order valence-corrected chi connectivity index (χ2v) is 6.99. The summed E-state index contributed by atoms with van der Waals surface area (Å²) < 4.78 is 0. The summed E-state index contributed by atoms with van der Waals surface area (Å²) in [6, 6.07) is 12.9. The number of rotatable bonds is 3. The van der Waals surface area contributed by atoms with Crippen LogP contribution in [-0.2, 0) is 9.59 Å². The summed E-state index contributed by atoms with van der Waals surface area (Å²) in [4.78, 5) is 38.5. The molecule has 140 valence electrons. The standard InChI is InChI=1S/C21H23N3O3/c1-13-5-4-6-16(9-13)20(26)22-23-21(27)17-11-19(25)24(12-17)18-8-7-14(2)15(3)10-18/h4-10,17H,11-12H2,1-3H3,(H,22,26)(H,23,27)/t17-/m1/s1. The third kappa shape index (κ3) is 4.16. The molecule has 1 aliphatic rings. The van der Waals surface area contributed by atoms with Crippen LogP contribution >= 0.6 is 0 Å². The molecule has 6 heteroatoms. The first-order valence-corrected chi connectivity index (χ1v) is 8.89. The maximum atomic E-state index is 12.4. The normalized spacial score (nSPS) is 16.3. The Kier molecular flexibility index (Phi) is 5.26. The van der Waals surface area contributed by atoms with E-state index >= 15 is 0 Å². The van der Waals surface area contributed by atoms with E-state index in [1.165, 1.54) is 0 Å². The van der Waals surface area contributed by atoms with Crippen LogP contribution in [0, 0.1) is 26.7 Å². The molecule has 1 heterocycles. The van der Waals surface area contributed by atoms with Crippen molar-refractivity contribution in [2.75, 3.05) is 11.4 Å². The first kappa shape index (κ1) is 18.6. The Morgan fingerprint density at radius 2 is 1.78 bits per heavy atom. The van der Waals surface area contributed by atoms with Crippen molar-refractivity contribution in [3.05, 3.63) is 64.7 Å². The fourth-order valence-corrected chi connectivity index (χ4v) is 3.11. The number of nitrogens with zero attached hydrogens (tertiary/aromatic N) is 1. The average molecular weight is 365 g/mol. The highest BCUT2D eigenvalue weighted by Gasteiger charge is 2.35. The van der Waals surface area contributed by atoms with Crippen LogP contribution in [0.4, 0.5) is 5.69 Å². The zero-order valence-corrected chi connectivity index (χ0v) is 15.7. The number of aryl methyl sites for hydroxylation is 3. The lowest BCUT2D eigenvalue weighted by Crippen LogP contribution is -2.45. The van der Waals surface area contributed by atoms with Crippen LogP contribution < -0.4 is 15.8 Å². The van der Waals surface area contributed by atoms with Crippen LogP contribution in [0.25, 0.3) is 0 Å². The Hall–Kier alpha value is -3.15. The Labute approximate surface area is 158 Å². The maximum absolute atomic E-state index is 12.4. The molecule has 0 bridgehead atoms. The average Bonchev–Trinajstić information content (AvgIpc) is 3.03. The van der Waals surface area contributed by atoms with Crippen LogP contribution in [0.2, 0.25) is 0 Å². The highest BCUT2D eigenvalue weighted by Crippen LogP contribution is 2.26. The molecule has 0 aliphatic carbocycles. The molecule has 0 unspecified atom stereocenters. The number of nitrogens with one attached hydrogen (secondary N) is 2. The van der Waals surface area contributed by atoms with Gasteiger partial charge in [0.05, 0.1) is 5.92 Å². The number of hydrogen-bond donors (Lipinski definition) is 2. The van der Waals surface area contributed by atoms with Gasteiger partial charge in [0.25, 0.3) is 5.91 Å². The highest BCUT2D eigenvalue weighted by molar-refractivity contribution is 6.01. The summed E-state index contributed by atoms with van der Waals surface area (Å²) in [7, 11) is 0. The summed E-state index contributed by atoms with van der Waals surface area (Å²) in [6.45, 7) is 6.19. The van der Waals surface area contributed by atoms with Crippen LogP contribution in [0.5, 0.6) is 0 Å². The Morgan fingerprint density at radius 1 is 1.00 bits per heavy atom. The lowest BCUT2D eigenvalue weighted by Gasteiger charge is -2.18. The second kappa shape index (κ2) is 7.61. The third-order valence-corrected chi connectivity index (χ3v) is 4.88. The fourth-order valence-electron chi connectivity index (χ4n) is 3.11. The summed E-state index contributed by atoms with van der Waals surface area (Å²) in [5.74, 6) is -1.35. The molecule has 0 saturated carbocycles. The van der Waals surface area contributed by atoms with E-state index in [9.17, 15) is 14.4 Å². The molecule has 6 nitrogen and oxygen atoms in total. The van der Waals surface area contributed by atoms with E-state index in [2.05, 4.69) is 10.9 Å². The van der Waals surface area contributed by atoms with Crippen molar-refractivity contribution in [1.29, 1.82) is 0 Å². The topological polar surface area (TPSA) is 78.5 Å². The molecular weight excluding hydrogens is 342 g/mol. The SMILES string of the molecule is Cc1cccc(C(=O)NNC(=O)[C@@H]2CC(=O)N(c3ccc(C)c(C)c3)C2)c1. The van der Waals surface area contributed by atoms with Gasteiger partial charge in [0.2, 0.25) is 11.8 Å². The lowest BCUT2D eigenvalue weighted by molar-refractivity contribution is -0.126. The van der Waals surface area contributed by atoms with Crippen molar-refractivity contribution in [1.82, 2.24) is 10.9 Å². The summed E-state index contributed by atoms with van der Waals surface area (Å²) in [5, 5.41) is 0. The quantitative estimate of drug-likeness (QED) is 0.820. The van der Waals surface area contributed by atoms with E-state index in [-0.39, 0.29) is 24.1 Å². The minimum absolute atomic E-state index is 0.0941. The van der Waals surface area contributed by atoms with Crippen molar-refractivity contribution in [3.63, 3.8) is 0 Å². The monoisotopic (exact) mass is 365 g/mol. The van der Waals surface area contributed by atoms with E-state index < -0.39 is 5.92 Å². The van der Waals surface area contributed by atoms with Crippen LogP contribution in [0.3, 0.4) is 0 Å².